The normalized spacial score (nSPS) is 10.6. The summed E-state index contributed by atoms with van der Waals surface area (Å²) < 4.78 is 6.38. The van der Waals surface area contributed by atoms with Gasteiger partial charge in [0.15, 0.2) is 0 Å². The van der Waals surface area contributed by atoms with Crippen molar-refractivity contribution in [2.75, 3.05) is 7.11 Å². The van der Waals surface area contributed by atoms with Crippen LogP contribution in [0.25, 0.3) is 22.4 Å². The van der Waals surface area contributed by atoms with Crippen molar-refractivity contribution in [2.45, 2.75) is 13.0 Å². The molecule has 0 fully saturated rings. The van der Waals surface area contributed by atoms with Gasteiger partial charge in [-0.1, -0.05) is 91.0 Å². The highest BCUT2D eigenvalue weighted by Crippen LogP contribution is 2.32. The lowest BCUT2D eigenvalue weighted by atomic mass is 9.95. The zero-order valence-corrected chi connectivity index (χ0v) is 17.2. The minimum atomic E-state index is -0.670. The fraction of sp³-hybridized carbons (Fsp3) is 0.115. The summed E-state index contributed by atoms with van der Waals surface area (Å²) in [6, 6.07) is 28.8. The monoisotopic (exact) mass is 410 g/mol. The predicted molar refractivity (Wildman–Crippen MR) is 121 cm³/mol. The van der Waals surface area contributed by atoms with Crippen LogP contribution in [0.4, 0.5) is 0 Å². The van der Waals surface area contributed by atoms with Crippen LogP contribution < -0.4 is 5.56 Å². The van der Waals surface area contributed by atoms with E-state index in [1.165, 1.54) is 11.8 Å². The first-order valence-corrected chi connectivity index (χ1v) is 10.1. The average Bonchev–Trinajstić information content (AvgIpc) is 2.84. The number of carbonyl (C=O) groups is 1. The molecule has 0 bridgehead atoms. The summed E-state index contributed by atoms with van der Waals surface area (Å²) in [4.78, 5) is 26.1. The van der Waals surface area contributed by atoms with Gasteiger partial charge in [-0.25, -0.2) is 9.48 Å². The highest BCUT2D eigenvalue weighted by Gasteiger charge is 2.25. The molecular formula is C26H22N2O3. The summed E-state index contributed by atoms with van der Waals surface area (Å²) >= 11 is 0. The van der Waals surface area contributed by atoms with Gasteiger partial charge in [0.1, 0.15) is 5.56 Å². The van der Waals surface area contributed by atoms with Crippen LogP contribution in [0.15, 0.2) is 95.8 Å². The van der Waals surface area contributed by atoms with Crippen LogP contribution in [0.1, 0.15) is 15.9 Å². The van der Waals surface area contributed by atoms with Crippen molar-refractivity contribution < 1.29 is 9.53 Å². The van der Waals surface area contributed by atoms with E-state index in [1.807, 2.05) is 91.0 Å². The third kappa shape index (κ3) is 4.31. The van der Waals surface area contributed by atoms with E-state index in [0.717, 1.165) is 16.7 Å². The topological polar surface area (TPSA) is 61.2 Å². The quantitative estimate of drug-likeness (QED) is 0.436. The molecule has 1 heterocycles. The molecule has 0 aliphatic heterocycles. The standard InChI is InChI=1S/C26H22N2O3/c1-31-26(30)23-22(20-13-7-3-8-14-20)24(21-15-9-4-10-16-21)27-28(25(23)29)18-17-19-11-5-2-6-12-19/h2-16H,17-18H2,1H3. The number of ether oxygens (including phenoxy) is 1. The summed E-state index contributed by atoms with van der Waals surface area (Å²) in [5, 5.41) is 4.71. The molecule has 1 aromatic heterocycles. The number of hydrogen-bond donors (Lipinski definition) is 0. The van der Waals surface area contributed by atoms with Crippen LogP contribution in [-0.2, 0) is 17.7 Å². The van der Waals surface area contributed by atoms with Crippen molar-refractivity contribution in [1.82, 2.24) is 9.78 Å². The molecule has 0 saturated heterocycles. The Kier molecular flexibility index (Phi) is 6.03. The van der Waals surface area contributed by atoms with Crippen LogP contribution in [0.5, 0.6) is 0 Å². The van der Waals surface area contributed by atoms with Gasteiger partial charge in [-0.2, -0.15) is 5.10 Å². The van der Waals surface area contributed by atoms with Gasteiger partial charge in [0.05, 0.1) is 12.8 Å². The molecule has 0 radical (unpaired) electrons. The third-order valence-corrected chi connectivity index (χ3v) is 5.11. The Bertz CT molecular complexity index is 1230. The maximum atomic E-state index is 13.4. The fourth-order valence-electron chi connectivity index (χ4n) is 3.58. The number of carbonyl (C=O) groups excluding carboxylic acids is 1. The first kappa shape index (κ1) is 20.3. The molecule has 5 heteroatoms. The van der Waals surface area contributed by atoms with E-state index in [9.17, 15) is 9.59 Å². The van der Waals surface area contributed by atoms with Gasteiger partial charge in [0.25, 0.3) is 5.56 Å². The van der Waals surface area contributed by atoms with Crippen molar-refractivity contribution >= 4 is 5.97 Å². The molecule has 0 amide bonds. The Labute approximate surface area is 180 Å². The van der Waals surface area contributed by atoms with Crippen LogP contribution in [0.3, 0.4) is 0 Å². The first-order chi connectivity index (χ1) is 15.2. The Morgan fingerprint density at radius 2 is 1.39 bits per heavy atom. The average molecular weight is 410 g/mol. The highest BCUT2D eigenvalue weighted by atomic mass is 16.5. The molecule has 0 N–H and O–H groups in total. The maximum Gasteiger partial charge on any atom is 0.344 e. The Morgan fingerprint density at radius 1 is 0.839 bits per heavy atom. The van der Waals surface area contributed by atoms with E-state index in [1.54, 1.807) is 0 Å². The summed E-state index contributed by atoms with van der Waals surface area (Å²) in [5.41, 5.74) is 3.24. The number of aromatic nitrogens is 2. The Balaban J connectivity index is 1.94. The van der Waals surface area contributed by atoms with Crippen molar-refractivity contribution in [2.24, 2.45) is 0 Å². The van der Waals surface area contributed by atoms with Crippen molar-refractivity contribution in [1.29, 1.82) is 0 Å². The minimum Gasteiger partial charge on any atom is -0.465 e. The van der Waals surface area contributed by atoms with Crippen LogP contribution >= 0.6 is 0 Å². The summed E-state index contributed by atoms with van der Waals surface area (Å²) in [6.45, 7) is 0.349. The highest BCUT2D eigenvalue weighted by molar-refractivity contribution is 6.00. The number of nitrogens with zero attached hydrogens (tertiary/aromatic N) is 2. The zero-order chi connectivity index (χ0) is 21.6. The fourth-order valence-corrected chi connectivity index (χ4v) is 3.58. The molecule has 154 valence electrons. The number of methoxy groups -OCH3 is 1. The molecule has 3 aromatic carbocycles. The van der Waals surface area contributed by atoms with E-state index in [-0.39, 0.29) is 5.56 Å². The zero-order valence-electron chi connectivity index (χ0n) is 17.2. The van der Waals surface area contributed by atoms with E-state index in [0.29, 0.717) is 24.2 Å². The lowest BCUT2D eigenvalue weighted by Gasteiger charge is -2.16. The predicted octanol–water partition coefficient (Wildman–Crippen LogP) is 4.61. The number of rotatable bonds is 6. The molecular weight excluding hydrogens is 388 g/mol. The molecule has 0 unspecified atom stereocenters. The van der Waals surface area contributed by atoms with Crippen LogP contribution in [0.2, 0.25) is 0 Å². The van der Waals surface area contributed by atoms with Gasteiger partial charge < -0.3 is 4.74 Å². The molecule has 0 saturated carbocycles. The molecule has 5 nitrogen and oxygen atoms in total. The molecule has 31 heavy (non-hydrogen) atoms. The van der Waals surface area contributed by atoms with Crippen molar-refractivity contribution in [3.63, 3.8) is 0 Å². The van der Waals surface area contributed by atoms with Crippen LogP contribution in [-0.4, -0.2) is 22.9 Å². The number of hydrogen-bond acceptors (Lipinski definition) is 4. The van der Waals surface area contributed by atoms with Gasteiger partial charge in [-0.15, -0.1) is 0 Å². The number of esters is 1. The second-order valence-corrected chi connectivity index (χ2v) is 7.09. The van der Waals surface area contributed by atoms with E-state index in [2.05, 4.69) is 0 Å². The molecule has 0 aliphatic rings. The summed E-state index contributed by atoms with van der Waals surface area (Å²) in [7, 11) is 1.29. The second kappa shape index (κ2) is 9.22. The molecule has 4 rings (SSSR count). The SMILES string of the molecule is COC(=O)c1c(-c2ccccc2)c(-c2ccccc2)nn(CCc2ccccc2)c1=O. The minimum absolute atomic E-state index is 0.00406. The Morgan fingerprint density at radius 3 is 1.97 bits per heavy atom. The summed E-state index contributed by atoms with van der Waals surface area (Å²) in [6.07, 6.45) is 0.618. The third-order valence-electron chi connectivity index (χ3n) is 5.11. The van der Waals surface area contributed by atoms with E-state index in [4.69, 9.17) is 9.84 Å². The van der Waals surface area contributed by atoms with Gasteiger partial charge in [-0.05, 0) is 17.5 Å². The maximum absolute atomic E-state index is 13.4. The van der Waals surface area contributed by atoms with Crippen LogP contribution in [0, 0.1) is 0 Å². The van der Waals surface area contributed by atoms with E-state index >= 15 is 0 Å². The number of benzene rings is 3. The number of aryl methyl sites for hydroxylation is 2. The van der Waals surface area contributed by atoms with Gasteiger partial charge in [0.2, 0.25) is 0 Å². The van der Waals surface area contributed by atoms with Gasteiger partial charge in [-0.3, -0.25) is 4.79 Å². The van der Waals surface area contributed by atoms with Gasteiger partial charge in [0, 0.05) is 17.7 Å². The molecule has 4 aromatic rings. The molecule has 0 spiro atoms. The summed E-state index contributed by atoms with van der Waals surface area (Å²) in [5.74, 6) is -0.670. The Hall–Kier alpha value is -3.99. The lowest BCUT2D eigenvalue weighted by molar-refractivity contribution is 0.0598. The smallest absolute Gasteiger partial charge is 0.344 e. The largest absolute Gasteiger partial charge is 0.465 e. The van der Waals surface area contributed by atoms with Gasteiger partial charge >= 0.3 is 5.97 Å². The van der Waals surface area contributed by atoms with E-state index < -0.39 is 11.5 Å². The first-order valence-electron chi connectivity index (χ1n) is 10.1. The van der Waals surface area contributed by atoms with Crippen molar-refractivity contribution in [3.8, 4) is 22.4 Å². The second-order valence-electron chi connectivity index (χ2n) is 7.09. The lowest BCUT2D eigenvalue weighted by Crippen LogP contribution is -2.31. The molecule has 0 atom stereocenters. The molecule has 0 aliphatic carbocycles. The van der Waals surface area contributed by atoms with Crippen molar-refractivity contribution in [3.05, 3.63) is 112 Å².